The summed E-state index contributed by atoms with van der Waals surface area (Å²) in [5.41, 5.74) is 4.36. The van der Waals surface area contributed by atoms with Gasteiger partial charge in [-0.1, -0.05) is 16.8 Å². The molecule has 0 N–H and O–H groups in total. The summed E-state index contributed by atoms with van der Waals surface area (Å²) >= 11 is 5.99. The Hall–Kier alpha value is -3.25. The molecule has 0 atom stereocenters. The van der Waals surface area contributed by atoms with E-state index in [1.54, 1.807) is 29.2 Å². The van der Waals surface area contributed by atoms with Gasteiger partial charge in [-0.15, -0.1) is 0 Å². The van der Waals surface area contributed by atoms with E-state index in [4.69, 9.17) is 16.1 Å². The van der Waals surface area contributed by atoms with E-state index < -0.39 is 5.82 Å². The van der Waals surface area contributed by atoms with Crippen LogP contribution in [0.25, 0.3) is 22.2 Å². The molecule has 0 fully saturated rings. The second-order valence-corrected chi connectivity index (χ2v) is 7.83. The first kappa shape index (κ1) is 18.8. The van der Waals surface area contributed by atoms with Crippen molar-refractivity contribution >= 4 is 28.4 Å². The predicted molar refractivity (Wildman–Crippen MR) is 112 cm³/mol. The van der Waals surface area contributed by atoms with Crippen molar-refractivity contribution in [2.75, 3.05) is 6.54 Å². The molecule has 0 saturated carbocycles. The average molecular weight is 422 g/mol. The van der Waals surface area contributed by atoms with E-state index in [2.05, 4.69) is 10.1 Å². The molecule has 7 heteroatoms. The Morgan fingerprint density at radius 3 is 2.77 bits per heavy atom. The topological polar surface area (TPSA) is 59.2 Å². The Bertz CT molecular complexity index is 1280. The fourth-order valence-electron chi connectivity index (χ4n) is 3.89. The van der Waals surface area contributed by atoms with Crippen LogP contribution < -0.4 is 0 Å². The van der Waals surface area contributed by atoms with Crippen LogP contribution in [0.5, 0.6) is 0 Å². The number of aromatic nitrogens is 2. The van der Waals surface area contributed by atoms with E-state index in [-0.39, 0.29) is 5.91 Å². The van der Waals surface area contributed by atoms with Crippen LogP contribution >= 0.6 is 11.6 Å². The lowest BCUT2D eigenvalue weighted by atomic mass is 10.00. The molecule has 3 heterocycles. The number of hydrogen-bond acceptors (Lipinski definition) is 4. The highest BCUT2D eigenvalue weighted by molar-refractivity contribution is 6.30. The maximum Gasteiger partial charge on any atom is 0.254 e. The van der Waals surface area contributed by atoms with Crippen molar-refractivity contribution in [3.8, 4) is 11.3 Å². The first-order valence-corrected chi connectivity index (χ1v) is 9.97. The number of hydrogen-bond donors (Lipinski definition) is 0. The highest BCUT2D eigenvalue weighted by Crippen LogP contribution is 2.32. The molecule has 0 bridgehead atoms. The lowest BCUT2D eigenvalue weighted by molar-refractivity contribution is 0.0736. The first-order valence-electron chi connectivity index (χ1n) is 9.59. The van der Waals surface area contributed by atoms with Crippen molar-refractivity contribution < 1.29 is 13.7 Å². The van der Waals surface area contributed by atoms with Crippen LogP contribution in [0.4, 0.5) is 4.39 Å². The zero-order chi connectivity index (χ0) is 20.8. The number of nitrogens with zero attached hydrogens (tertiary/aromatic N) is 3. The zero-order valence-electron chi connectivity index (χ0n) is 16.2. The van der Waals surface area contributed by atoms with Crippen molar-refractivity contribution in [1.29, 1.82) is 0 Å². The second-order valence-electron chi connectivity index (χ2n) is 7.39. The monoisotopic (exact) mass is 421 g/mol. The third-order valence-electron chi connectivity index (χ3n) is 5.36. The van der Waals surface area contributed by atoms with Crippen molar-refractivity contribution in [3.05, 3.63) is 81.9 Å². The summed E-state index contributed by atoms with van der Waals surface area (Å²) in [5, 5.41) is 5.34. The number of carbonyl (C=O) groups is 1. The Morgan fingerprint density at radius 2 is 1.97 bits per heavy atom. The maximum atomic E-state index is 13.9. The predicted octanol–water partition coefficient (Wildman–Crippen LogP) is 5.19. The largest absolute Gasteiger partial charge is 0.356 e. The molecule has 0 unspecified atom stereocenters. The van der Waals surface area contributed by atoms with Crippen LogP contribution in [0.15, 0.2) is 53.1 Å². The number of benzene rings is 2. The summed E-state index contributed by atoms with van der Waals surface area (Å²) in [4.78, 5) is 19.6. The van der Waals surface area contributed by atoms with Gasteiger partial charge in [-0.25, -0.2) is 4.39 Å². The van der Waals surface area contributed by atoms with Gasteiger partial charge in [0.2, 0.25) is 0 Å². The molecule has 4 aromatic rings. The Balaban J connectivity index is 1.52. The van der Waals surface area contributed by atoms with Crippen molar-refractivity contribution in [2.45, 2.75) is 19.9 Å². The fraction of sp³-hybridized carbons (Fsp3) is 0.174. The molecule has 0 radical (unpaired) electrons. The molecule has 2 aromatic carbocycles. The minimum absolute atomic E-state index is 0.162. The Kier molecular flexibility index (Phi) is 4.51. The maximum absolute atomic E-state index is 13.9. The van der Waals surface area contributed by atoms with Gasteiger partial charge in [0, 0.05) is 40.2 Å². The molecule has 1 aliphatic heterocycles. The zero-order valence-corrected chi connectivity index (χ0v) is 16.9. The minimum atomic E-state index is -0.396. The van der Waals surface area contributed by atoms with Crippen molar-refractivity contribution in [3.63, 3.8) is 0 Å². The summed E-state index contributed by atoms with van der Waals surface area (Å²) in [6.45, 7) is 2.71. The number of carbonyl (C=O) groups excluding carboxylic acids is 1. The molecule has 5 rings (SSSR count). The van der Waals surface area contributed by atoms with Crippen LogP contribution in [0.2, 0.25) is 5.02 Å². The van der Waals surface area contributed by atoms with E-state index in [0.29, 0.717) is 52.5 Å². The second kappa shape index (κ2) is 7.22. The average Bonchev–Trinajstić information content (AvgIpc) is 3.17. The Morgan fingerprint density at radius 1 is 1.17 bits per heavy atom. The van der Waals surface area contributed by atoms with Gasteiger partial charge in [0.05, 0.1) is 23.3 Å². The number of fused-ring (bicyclic) bond motifs is 2. The van der Waals surface area contributed by atoms with Crippen molar-refractivity contribution in [2.24, 2.45) is 0 Å². The molecule has 1 aliphatic rings. The van der Waals surface area contributed by atoms with Gasteiger partial charge in [0.25, 0.3) is 5.91 Å². The van der Waals surface area contributed by atoms with Gasteiger partial charge < -0.3 is 9.42 Å². The van der Waals surface area contributed by atoms with E-state index in [9.17, 15) is 9.18 Å². The highest BCUT2D eigenvalue weighted by atomic mass is 35.5. The highest BCUT2D eigenvalue weighted by Gasteiger charge is 2.29. The quantitative estimate of drug-likeness (QED) is 0.447. The van der Waals surface area contributed by atoms with Crippen LogP contribution in [0, 0.1) is 12.7 Å². The molecule has 1 amide bonds. The van der Waals surface area contributed by atoms with E-state index >= 15 is 0 Å². The third-order valence-corrected chi connectivity index (χ3v) is 5.61. The SMILES string of the molecule is Cc1cc(C(=O)N2CCc3noc(-c4ccc(Cl)cc4)c3C2)c2cc(F)ccc2n1. The molecule has 2 aromatic heterocycles. The third kappa shape index (κ3) is 3.23. The minimum Gasteiger partial charge on any atom is -0.356 e. The summed E-state index contributed by atoms with van der Waals surface area (Å²) in [6, 6.07) is 13.3. The van der Waals surface area contributed by atoms with Crippen LogP contribution in [-0.4, -0.2) is 27.5 Å². The van der Waals surface area contributed by atoms with Gasteiger partial charge in [0.1, 0.15) is 5.82 Å². The molecule has 0 saturated heterocycles. The van der Waals surface area contributed by atoms with E-state index in [1.165, 1.54) is 12.1 Å². The van der Waals surface area contributed by atoms with Gasteiger partial charge in [-0.2, -0.15) is 0 Å². The van der Waals surface area contributed by atoms with Gasteiger partial charge in [-0.05, 0) is 55.5 Å². The Labute approximate surface area is 177 Å². The number of aryl methyl sites for hydroxylation is 1. The standard InChI is InChI=1S/C23H17ClFN3O2/c1-13-10-18(17-11-16(25)6-7-20(17)26-13)23(29)28-9-8-21-19(12-28)22(30-27-21)14-2-4-15(24)5-3-14/h2-7,10-11H,8-9,12H2,1H3. The lowest BCUT2D eigenvalue weighted by Gasteiger charge is -2.27. The summed E-state index contributed by atoms with van der Waals surface area (Å²) < 4.78 is 19.5. The summed E-state index contributed by atoms with van der Waals surface area (Å²) in [5.74, 6) is 0.0816. The summed E-state index contributed by atoms with van der Waals surface area (Å²) in [7, 11) is 0. The normalized spacial score (nSPS) is 13.5. The molecular formula is C23H17ClFN3O2. The van der Waals surface area contributed by atoms with E-state index in [1.807, 2.05) is 19.1 Å². The van der Waals surface area contributed by atoms with Crippen LogP contribution in [0.3, 0.4) is 0 Å². The molecule has 5 nitrogen and oxygen atoms in total. The first-order chi connectivity index (χ1) is 14.5. The number of amides is 1. The van der Waals surface area contributed by atoms with E-state index in [0.717, 1.165) is 16.8 Å². The molecule has 0 aliphatic carbocycles. The fourth-order valence-corrected chi connectivity index (χ4v) is 4.02. The van der Waals surface area contributed by atoms with Crippen molar-refractivity contribution in [1.82, 2.24) is 15.0 Å². The van der Waals surface area contributed by atoms with Crippen LogP contribution in [-0.2, 0) is 13.0 Å². The number of halogens is 2. The summed E-state index contributed by atoms with van der Waals surface area (Å²) in [6.07, 6.45) is 0.592. The van der Waals surface area contributed by atoms with Crippen LogP contribution in [0.1, 0.15) is 27.3 Å². The van der Waals surface area contributed by atoms with Gasteiger partial charge in [-0.3, -0.25) is 9.78 Å². The molecule has 0 spiro atoms. The molecule has 30 heavy (non-hydrogen) atoms. The van der Waals surface area contributed by atoms with Gasteiger partial charge in [0.15, 0.2) is 5.76 Å². The van der Waals surface area contributed by atoms with Gasteiger partial charge >= 0.3 is 0 Å². The smallest absolute Gasteiger partial charge is 0.254 e. The number of pyridine rings is 1. The molecular weight excluding hydrogens is 405 g/mol. The number of rotatable bonds is 2. The lowest BCUT2D eigenvalue weighted by Crippen LogP contribution is -2.36. The molecule has 150 valence electrons.